The van der Waals surface area contributed by atoms with Gasteiger partial charge >= 0.3 is 12.1 Å². The largest absolute Gasteiger partial charge is 0.481 e. The highest BCUT2D eigenvalue weighted by Crippen LogP contribution is 2.48. The number of carbonyl (C=O) groups excluding carboxylic acids is 2. The van der Waals surface area contributed by atoms with Gasteiger partial charge in [-0.25, -0.2) is 4.79 Å². The summed E-state index contributed by atoms with van der Waals surface area (Å²) in [5.74, 6) is -1.08. The summed E-state index contributed by atoms with van der Waals surface area (Å²) in [4.78, 5) is 39.3. The minimum Gasteiger partial charge on any atom is -0.481 e. The highest BCUT2D eigenvalue weighted by molar-refractivity contribution is 5.83. The Hall–Kier alpha value is -3.35. The van der Waals surface area contributed by atoms with Crippen molar-refractivity contribution in [2.75, 3.05) is 13.2 Å². The summed E-state index contributed by atoms with van der Waals surface area (Å²) in [6.07, 6.45) is 2.33. The Balaban J connectivity index is 1.11. The average molecular weight is 475 g/mol. The fourth-order valence-corrected chi connectivity index (χ4v) is 6.57. The van der Waals surface area contributed by atoms with Crippen LogP contribution in [0.15, 0.2) is 48.5 Å². The van der Waals surface area contributed by atoms with Gasteiger partial charge in [-0.1, -0.05) is 48.5 Å². The molecule has 182 valence electrons. The van der Waals surface area contributed by atoms with E-state index in [1.807, 2.05) is 31.2 Å². The molecule has 4 fully saturated rings. The summed E-state index contributed by atoms with van der Waals surface area (Å²) in [7, 11) is 0. The van der Waals surface area contributed by atoms with Crippen LogP contribution in [0.25, 0.3) is 11.1 Å². The molecule has 7 nitrogen and oxygen atoms in total. The molecular weight excluding hydrogens is 444 g/mol. The number of carboxylic acid groups (broad SMARTS) is 1. The Labute approximate surface area is 204 Å². The third-order valence-corrected chi connectivity index (χ3v) is 8.63. The van der Waals surface area contributed by atoms with E-state index in [9.17, 15) is 19.5 Å². The molecule has 2 heterocycles. The van der Waals surface area contributed by atoms with Crippen LogP contribution in [-0.2, 0) is 14.3 Å². The molecule has 4 atom stereocenters. The van der Waals surface area contributed by atoms with E-state index in [4.69, 9.17) is 4.74 Å². The third-order valence-electron chi connectivity index (χ3n) is 8.63. The van der Waals surface area contributed by atoms with Gasteiger partial charge in [0.25, 0.3) is 0 Å². The number of carbonyl (C=O) groups is 3. The maximum absolute atomic E-state index is 13.2. The average Bonchev–Trinajstić information content (AvgIpc) is 3.38. The van der Waals surface area contributed by atoms with E-state index in [0.29, 0.717) is 6.54 Å². The molecule has 0 spiro atoms. The van der Waals surface area contributed by atoms with Gasteiger partial charge in [-0.05, 0) is 60.3 Å². The number of nitrogens with zero attached hydrogens (tertiary/aromatic N) is 1. The predicted octanol–water partition coefficient (Wildman–Crippen LogP) is 4.02. The highest BCUT2D eigenvalue weighted by atomic mass is 16.5. The zero-order chi connectivity index (χ0) is 24.3. The number of nitrogens with one attached hydrogen (secondary N) is 1. The molecule has 2 saturated heterocycles. The van der Waals surface area contributed by atoms with Gasteiger partial charge in [0.1, 0.15) is 6.61 Å². The second kappa shape index (κ2) is 8.11. The first-order chi connectivity index (χ1) is 16.9. The van der Waals surface area contributed by atoms with Gasteiger partial charge in [-0.3, -0.25) is 9.59 Å². The van der Waals surface area contributed by atoms with Crippen LogP contribution >= 0.6 is 0 Å². The van der Waals surface area contributed by atoms with Crippen LogP contribution < -0.4 is 5.32 Å². The number of aliphatic carboxylic acids is 1. The van der Waals surface area contributed by atoms with Crippen LogP contribution in [0.4, 0.5) is 4.79 Å². The number of benzene rings is 2. The van der Waals surface area contributed by atoms with E-state index in [-0.39, 0.29) is 42.7 Å². The number of amides is 2. The summed E-state index contributed by atoms with van der Waals surface area (Å²) in [6.45, 7) is 2.65. The lowest BCUT2D eigenvalue weighted by atomic mass is 9.74. The molecule has 2 saturated carbocycles. The monoisotopic (exact) mass is 474 g/mol. The van der Waals surface area contributed by atoms with E-state index in [2.05, 4.69) is 29.6 Å². The van der Waals surface area contributed by atoms with Crippen LogP contribution in [0, 0.1) is 17.8 Å². The molecule has 0 radical (unpaired) electrons. The molecule has 2 aliphatic heterocycles. The topological polar surface area (TPSA) is 95.9 Å². The normalized spacial score (nSPS) is 25.7. The SMILES string of the molecule is CC(CC(=O)N1CC2CC1C2C(=O)O)(NC(=O)OCC1c2ccccc2-c2ccccc21)C1CC1. The smallest absolute Gasteiger partial charge is 0.407 e. The molecule has 2 N–H and O–H groups in total. The van der Waals surface area contributed by atoms with Gasteiger partial charge in [0.15, 0.2) is 0 Å². The second-order valence-electron chi connectivity index (χ2n) is 10.8. The molecule has 35 heavy (non-hydrogen) atoms. The van der Waals surface area contributed by atoms with Gasteiger partial charge in [-0.2, -0.15) is 0 Å². The van der Waals surface area contributed by atoms with Crippen LogP contribution in [0.1, 0.15) is 49.7 Å². The zero-order valence-corrected chi connectivity index (χ0v) is 19.8. The molecule has 7 rings (SSSR count). The van der Waals surface area contributed by atoms with E-state index < -0.39 is 23.5 Å². The van der Waals surface area contributed by atoms with Crippen molar-refractivity contribution in [2.45, 2.75) is 50.1 Å². The molecule has 0 aromatic heterocycles. The number of carboxylic acids is 1. The summed E-state index contributed by atoms with van der Waals surface area (Å²) in [5, 5.41) is 12.4. The van der Waals surface area contributed by atoms with E-state index >= 15 is 0 Å². The van der Waals surface area contributed by atoms with Crippen molar-refractivity contribution in [1.29, 1.82) is 0 Å². The first-order valence-corrected chi connectivity index (χ1v) is 12.5. The molecule has 2 aromatic carbocycles. The predicted molar refractivity (Wildman–Crippen MR) is 129 cm³/mol. The van der Waals surface area contributed by atoms with Crippen molar-refractivity contribution < 1.29 is 24.2 Å². The first kappa shape index (κ1) is 22.1. The number of fused-ring (bicyclic) bond motifs is 4. The maximum Gasteiger partial charge on any atom is 0.407 e. The van der Waals surface area contributed by atoms with Crippen LogP contribution in [-0.4, -0.2) is 52.7 Å². The van der Waals surface area contributed by atoms with Crippen molar-refractivity contribution in [3.8, 4) is 11.1 Å². The number of ether oxygens (including phenoxy) is 1. The molecule has 7 heteroatoms. The molecular formula is C28H30N2O5. The lowest BCUT2D eigenvalue weighted by Gasteiger charge is -2.35. The van der Waals surface area contributed by atoms with Gasteiger partial charge in [-0.15, -0.1) is 0 Å². The van der Waals surface area contributed by atoms with Gasteiger partial charge < -0.3 is 20.1 Å². The first-order valence-electron chi connectivity index (χ1n) is 12.5. The van der Waals surface area contributed by atoms with E-state index in [1.54, 1.807) is 4.90 Å². The van der Waals surface area contributed by atoms with Crippen molar-refractivity contribution in [3.63, 3.8) is 0 Å². The standard InChI is InChI=1S/C28H30N2O5/c1-28(17-10-11-17,13-24(31)30-14-16-12-23(30)25(16)26(32)33)29-27(34)35-15-22-20-8-4-2-6-18(20)19-7-3-5-9-21(19)22/h2-9,16-17,22-23,25H,10-15H2,1H3,(H,29,34)(H,32,33). The van der Waals surface area contributed by atoms with Gasteiger partial charge in [0, 0.05) is 18.5 Å². The number of hydrogen-bond donors (Lipinski definition) is 2. The van der Waals surface area contributed by atoms with Crippen molar-refractivity contribution in [3.05, 3.63) is 59.7 Å². The van der Waals surface area contributed by atoms with Gasteiger partial charge in [0.05, 0.1) is 17.9 Å². The van der Waals surface area contributed by atoms with Crippen LogP contribution in [0.2, 0.25) is 0 Å². The van der Waals surface area contributed by atoms with Crippen molar-refractivity contribution in [2.24, 2.45) is 17.8 Å². The van der Waals surface area contributed by atoms with Crippen molar-refractivity contribution >= 4 is 18.0 Å². The third kappa shape index (κ3) is 3.68. The molecule has 4 unspecified atom stereocenters. The molecule has 2 amide bonds. The fraction of sp³-hybridized carbons (Fsp3) is 0.464. The Morgan fingerprint density at radius 2 is 1.69 bits per heavy atom. The number of hydrogen-bond acceptors (Lipinski definition) is 4. The summed E-state index contributed by atoms with van der Waals surface area (Å²) < 4.78 is 5.75. The quantitative estimate of drug-likeness (QED) is 0.632. The van der Waals surface area contributed by atoms with Crippen LogP contribution in [0.5, 0.6) is 0 Å². The Bertz CT molecular complexity index is 1160. The summed E-state index contributed by atoms with van der Waals surface area (Å²) in [5.41, 5.74) is 3.96. The number of rotatable bonds is 7. The highest BCUT2D eigenvalue weighted by Gasteiger charge is 2.58. The Morgan fingerprint density at radius 1 is 1.06 bits per heavy atom. The lowest BCUT2D eigenvalue weighted by molar-refractivity contribution is -0.148. The number of alkyl carbamates (subject to hydrolysis) is 1. The lowest BCUT2D eigenvalue weighted by Crippen LogP contribution is -2.52. The second-order valence-corrected chi connectivity index (χ2v) is 10.8. The fourth-order valence-electron chi connectivity index (χ4n) is 6.57. The van der Waals surface area contributed by atoms with E-state index in [1.165, 1.54) is 11.1 Å². The van der Waals surface area contributed by atoms with Crippen LogP contribution in [0.3, 0.4) is 0 Å². The Kier molecular flexibility index (Phi) is 5.13. The molecule has 5 aliphatic rings. The summed E-state index contributed by atoms with van der Waals surface area (Å²) in [6, 6.07) is 16.2. The molecule has 2 bridgehead atoms. The zero-order valence-electron chi connectivity index (χ0n) is 19.8. The molecule has 2 aromatic rings. The molecule has 3 aliphatic carbocycles. The Morgan fingerprint density at radius 3 is 2.26 bits per heavy atom. The minimum atomic E-state index is -0.816. The summed E-state index contributed by atoms with van der Waals surface area (Å²) >= 11 is 0. The van der Waals surface area contributed by atoms with Crippen molar-refractivity contribution in [1.82, 2.24) is 10.2 Å². The maximum atomic E-state index is 13.2. The van der Waals surface area contributed by atoms with Gasteiger partial charge in [0.2, 0.25) is 5.91 Å². The van der Waals surface area contributed by atoms with E-state index in [0.717, 1.165) is 30.4 Å². The minimum absolute atomic E-state index is 0.0219.